The first-order valence-electron chi connectivity index (χ1n) is 8.81. The van der Waals surface area contributed by atoms with Gasteiger partial charge in [-0.25, -0.2) is 0 Å². The Hall–Kier alpha value is -3.02. The SMILES string of the molecule is O=C(CC1(O)C(=O)N(Cc2cccc(Cl)c2)c2ccccc21)c1ccccn1. The lowest BCUT2D eigenvalue weighted by Gasteiger charge is -2.22. The number of anilines is 1. The second-order valence-corrected chi connectivity index (χ2v) is 7.15. The average Bonchev–Trinajstić information content (AvgIpc) is 2.91. The van der Waals surface area contributed by atoms with E-state index in [1.54, 1.807) is 60.7 Å². The number of carbonyl (C=O) groups excluding carboxylic acids is 2. The number of amides is 1. The van der Waals surface area contributed by atoms with Crippen molar-refractivity contribution in [2.45, 2.75) is 18.6 Å². The fourth-order valence-electron chi connectivity index (χ4n) is 3.50. The van der Waals surface area contributed by atoms with Crippen LogP contribution in [0.1, 0.15) is 28.0 Å². The van der Waals surface area contributed by atoms with Gasteiger partial charge in [-0.2, -0.15) is 0 Å². The molecule has 0 spiro atoms. The molecule has 1 N–H and O–H groups in total. The summed E-state index contributed by atoms with van der Waals surface area (Å²) < 4.78 is 0. The van der Waals surface area contributed by atoms with Gasteiger partial charge in [-0.3, -0.25) is 14.6 Å². The highest BCUT2D eigenvalue weighted by atomic mass is 35.5. The lowest BCUT2D eigenvalue weighted by molar-refractivity contribution is -0.136. The van der Waals surface area contributed by atoms with Gasteiger partial charge in [0, 0.05) is 16.8 Å². The molecule has 28 heavy (non-hydrogen) atoms. The average molecular weight is 393 g/mol. The van der Waals surface area contributed by atoms with Crippen LogP contribution in [0.3, 0.4) is 0 Å². The van der Waals surface area contributed by atoms with Crippen LogP contribution in [-0.4, -0.2) is 21.8 Å². The molecule has 2 heterocycles. The molecule has 1 aromatic heterocycles. The number of carbonyl (C=O) groups is 2. The lowest BCUT2D eigenvalue weighted by atomic mass is 9.89. The van der Waals surface area contributed by atoms with Gasteiger partial charge in [0.15, 0.2) is 11.4 Å². The van der Waals surface area contributed by atoms with Crippen LogP contribution in [0.2, 0.25) is 5.02 Å². The van der Waals surface area contributed by atoms with Gasteiger partial charge in [0.2, 0.25) is 0 Å². The fourth-order valence-corrected chi connectivity index (χ4v) is 3.72. The van der Waals surface area contributed by atoms with Crippen LogP contribution in [0, 0.1) is 0 Å². The minimum Gasteiger partial charge on any atom is -0.375 e. The normalized spacial score (nSPS) is 18.2. The molecule has 0 fully saturated rings. The van der Waals surface area contributed by atoms with Crippen LogP contribution in [0.5, 0.6) is 0 Å². The second kappa shape index (κ2) is 7.19. The molecule has 4 rings (SSSR count). The van der Waals surface area contributed by atoms with Gasteiger partial charge in [-0.05, 0) is 35.9 Å². The largest absolute Gasteiger partial charge is 0.375 e. The summed E-state index contributed by atoms with van der Waals surface area (Å²) in [6.45, 7) is 0.247. The summed E-state index contributed by atoms with van der Waals surface area (Å²) in [4.78, 5) is 31.4. The van der Waals surface area contributed by atoms with Crippen molar-refractivity contribution >= 4 is 29.0 Å². The van der Waals surface area contributed by atoms with E-state index in [-0.39, 0.29) is 18.7 Å². The number of para-hydroxylation sites is 1. The van der Waals surface area contributed by atoms with Gasteiger partial charge in [0.1, 0.15) is 5.69 Å². The van der Waals surface area contributed by atoms with Crippen molar-refractivity contribution in [1.29, 1.82) is 0 Å². The van der Waals surface area contributed by atoms with Gasteiger partial charge in [0.25, 0.3) is 5.91 Å². The molecule has 1 aliphatic rings. The molecule has 0 radical (unpaired) electrons. The van der Waals surface area contributed by atoms with Crippen molar-refractivity contribution < 1.29 is 14.7 Å². The van der Waals surface area contributed by atoms with Crippen LogP contribution < -0.4 is 4.90 Å². The Bertz CT molecular complexity index is 1050. The zero-order chi connectivity index (χ0) is 19.7. The van der Waals surface area contributed by atoms with Crippen LogP contribution in [0.4, 0.5) is 5.69 Å². The molecule has 1 amide bonds. The van der Waals surface area contributed by atoms with Crippen molar-refractivity contribution in [1.82, 2.24) is 4.98 Å². The second-order valence-electron chi connectivity index (χ2n) is 6.71. The van der Waals surface area contributed by atoms with Crippen LogP contribution >= 0.6 is 11.6 Å². The maximum Gasteiger partial charge on any atom is 0.264 e. The number of ketones is 1. The Morgan fingerprint density at radius 1 is 1.07 bits per heavy atom. The van der Waals surface area contributed by atoms with Gasteiger partial charge in [-0.1, -0.05) is 48.0 Å². The monoisotopic (exact) mass is 392 g/mol. The third kappa shape index (κ3) is 3.19. The molecule has 0 bridgehead atoms. The van der Waals surface area contributed by atoms with Crippen LogP contribution in [-0.2, 0) is 16.9 Å². The molecular formula is C22H17ClN2O3. The highest BCUT2D eigenvalue weighted by molar-refractivity contribution is 6.30. The Morgan fingerprint density at radius 3 is 2.61 bits per heavy atom. The molecule has 0 saturated carbocycles. The lowest BCUT2D eigenvalue weighted by Crippen LogP contribution is -2.41. The van der Waals surface area contributed by atoms with Crippen molar-refractivity contribution in [3.63, 3.8) is 0 Å². The third-order valence-corrected chi connectivity index (χ3v) is 5.07. The first kappa shape index (κ1) is 18.3. The summed E-state index contributed by atoms with van der Waals surface area (Å²) in [6.07, 6.45) is 1.14. The molecule has 140 valence electrons. The topological polar surface area (TPSA) is 70.5 Å². The van der Waals surface area contributed by atoms with Crippen molar-refractivity contribution in [2.24, 2.45) is 0 Å². The van der Waals surface area contributed by atoms with E-state index in [1.165, 1.54) is 11.1 Å². The van der Waals surface area contributed by atoms with E-state index in [1.807, 2.05) is 6.07 Å². The zero-order valence-electron chi connectivity index (χ0n) is 14.9. The number of rotatable bonds is 5. The summed E-state index contributed by atoms with van der Waals surface area (Å²) in [5.74, 6) is -0.922. The minimum atomic E-state index is -1.93. The third-order valence-electron chi connectivity index (χ3n) is 4.84. The number of nitrogens with zero attached hydrogens (tertiary/aromatic N) is 2. The van der Waals surface area contributed by atoms with E-state index in [2.05, 4.69) is 4.98 Å². The molecule has 1 aliphatic heterocycles. The molecule has 2 aromatic carbocycles. The first-order chi connectivity index (χ1) is 13.5. The maximum absolute atomic E-state index is 13.2. The molecule has 6 heteroatoms. The molecule has 0 saturated heterocycles. The fraction of sp³-hybridized carbons (Fsp3) is 0.136. The number of benzene rings is 2. The van der Waals surface area contributed by atoms with Gasteiger partial charge >= 0.3 is 0 Å². The van der Waals surface area contributed by atoms with Crippen molar-refractivity contribution in [2.75, 3.05) is 4.90 Å². The number of pyridine rings is 1. The number of halogens is 1. The molecule has 1 atom stereocenters. The molecule has 1 unspecified atom stereocenters. The number of aromatic nitrogens is 1. The van der Waals surface area contributed by atoms with E-state index >= 15 is 0 Å². The zero-order valence-corrected chi connectivity index (χ0v) is 15.6. The number of hydrogen-bond donors (Lipinski definition) is 1. The molecule has 0 aliphatic carbocycles. The van der Waals surface area contributed by atoms with E-state index in [4.69, 9.17) is 11.6 Å². The van der Waals surface area contributed by atoms with Crippen molar-refractivity contribution in [3.05, 3.63) is 94.8 Å². The van der Waals surface area contributed by atoms with Gasteiger partial charge in [0.05, 0.1) is 18.7 Å². The molecule has 5 nitrogen and oxygen atoms in total. The number of fused-ring (bicyclic) bond motifs is 1. The van der Waals surface area contributed by atoms with Crippen LogP contribution in [0.15, 0.2) is 72.9 Å². The van der Waals surface area contributed by atoms with Gasteiger partial charge < -0.3 is 10.0 Å². The highest BCUT2D eigenvalue weighted by Crippen LogP contribution is 2.43. The summed E-state index contributed by atoms with van der Waals surface area (Å²) >= 11 is 6.06. The summed E-state index contributed by atoms with van der Waals surface area (Å²) in [5, 5.41) is 11.8. The Labute approximate surface area is 167 Å². The number of aliphatic hydroxyl groups is 1. The molecule has 3 aromatic rings. The smallest absolute Gasteiger partial charge is 0.264 e. The Kier molecular flexibility index (Phi) is 4.71. The van der Waals surface area contributed by atoms with E-state index in [9.17, 15) is 14.7 Å². The summed E-state index contributed by atoms with van der Waals surface area (Å²) in [5.41, 5.74) is 0.129. The Balaban J connectivity index is 1.69. The predicted molar refractivity (Wildman–Crippen MR) is 106 cm³/mol. The van der Waals surface area contributed by atoms with E-state index in [0.29, 0.717) is 16.3 Å². The van der Waals surface area contributed by atoms with E-state index in [0.717, 1.165) is 5.56 Å². The Morgan fingerprint density at radius 2 is 1.86 bits per heavy atom. The summed E-state index contributed by atoms with van der Waals surface area (Å²) in [7, 11) is 0. The van der Waals surface area contributed by atoms with Crippen molar-refractivity contribution in [3.8, 4) is 0 Å². The number of hydrogen-bond acceptors (Lipinski definition) is 4. The molecular weight excluding hydrogens is 376 g/mol. The number of Topliss-reactive ketones (excluding diaryl/α,β-unsaturated/α-hetero) is 1. The van der Waals surface area contributed by atoms with Crippen LogP contribution in [0.25, 0.3) is 0 Å². The quantitative estimate of drug-likeness (QED) is 0.671. The maximum atomic E-state index is 13.2. The minimum absolute atomic E-state index is 0.217. The first-order valence-corrected chi connectivity index (χ1v) is 9.19. The predicted octanol–water partition coefficient (Wildman–Crippen LogP) is 3.74. The van der Waals surface area contributed by atoms with E-state index < -0.39 is 17.3 Å². The highest BCUT2D eigenvalue weighted by Gasteiger charge is 2.50. The summed E-state index contributed by atoms with van der Waals surface area (Å²) in [6, 6.07) is 19.1. The standard InChI is InChI=1S/C22H17ClN2O3/c23-16-7-5-6-15(12-16)14-25-19-10-2-1-8-17(19)22(28,21(25)27)13-20(26)18-9-3-4-11-24-18/h1-12,28H,13-14H2. The van der Waals surface area contributed by atoms with Gasteiger partial charge in [-0.15, -0.1) is 0 Å².